The molecule has 5 nitrogen and oxygen atoms in total. The molecule has 0 saturated carbocycles. The summed E-state index contributed by atoms with van der Waals surface area (Å²) in [5, 5.41) is 17.8. The third-order valence-corrected chi connectivity index (χ3v) is 4.22. The Labute approximate surface area is 130 Å². The van der Waals surface area contributed by atoms with Crippen LogP contribution in [0.3, 0.4) is 0 Å². The Morgan fingerprint density at radius 2 is 2.23 bits per heavy atom. The highest BCUT2D eigenvalue weighted by atomic mass is 32.2. The second kappa shape index (κ2) is 6.12. The highest BCUT2D eigenvalue weighted by Crippen LogP contribution is 2.24. The molecule has 0 unspecified atom stereocenters. The Balaban J connectivity index is 1.93. The first kappa shape index (κ1) is 14.5. The Kier molecular flexibility index (Phi) is 4.02. The Morgan fingerprint density at radius 1 is 1.36 bits per heavy atom. The third-order valence-electron chi connectivity index (χ3n) is 3.22. The van der Waals surface area contributed by atoms with Crippen LogP contribution in [-0.4, -0.2) is 19.6 Å². The number of aryl methyl sites for hydroxylation is 1. The zero-order valence-corrected chi connectivity index (χ0v) is 12.6. The quantitative estimate of drug-likeness (QED) is 0.547. The van der Waals surface area contributed by atoms with Crippen LogP contribution in [0.1, 0.15) is 23.7 Å². The maximum atomic E-state index is 13.4. The van der Waals surface area contributed by atoms with Gasteiger partial charge >= 0.3 is 0 Å². The van der Waals surface area contributed by atoms with Crippen LogP contribution in [0, 0.1) is 17.1 Å². The van der Waals surface area contributed by atoms with E-state index in [0.717, 1.165) is 22.9 Å². The van der Waals surface area contributed by atoms with Crippen molar-refractivity contribution in [3.05, 3.63) is 53.2 Å². The van der Waals surface area contributed by atoms with Crippen molar-refractivity contribution in [2.24, 2.45) is 0 Å². The van der Waals surface area contributed by atoms with Crippen LogP contribution < -0.4 is 0 Å². The molecular formula is C15H12FN5S. The number of nitriles is 1. The average Bonchev–Trinajstić information content (AvgIpc) is 3.01. The van der Waals surface area contributed by atoms with Gasteiger partial charge in [0.1, 0.15) is 12.1 Å². The molecule has 22 heavy (non-hydrogen) atoms. The van der Waals surface area contributed by atoms with E-state index in [1.165, 1.54) is 30.0 Å². The molecule has 0 fully saturated rings. The topological polar surface area (TPSA) is 66.9 Å². The molecule has 0 aliphatic carbocycles. The second-order valence-corrected chi connectivity index (χ2v) is 5.59. The van der Waals surface area contributed by atoms with Crippen LogP contribution in [0.5, 0.6) is 0 Å². The minimum atomic E-state index is -0.348. The summed E-state index contributed by atoms with van der Waals surface area (Å²) in [6.07, 6.45) is 2.39. The summed E-state index contributed by atoms with van der Waals surface area (Å²) in [4.78, 5) is 4.55. The highest BCUT2D eigenvalue weighted by Gasteiger charge is 2.10. The molecule has 2 heterocycles. The molecule has 0 aliphatic rings. The van der Waals surface area contributed by atoms with Gasteiger partial charge in [-0.05, 0) is 30.2 Å². The fraction of sp³-hybridized carbons (Fsp3) is 0.200. The monoisotopic (exact) mass is 313 g/mol. The normalized spacial score (nSPS) is 10.8. The van der Waals surface area contributed by atoms with Crippen molar-refractivity contribution in [3.8, 4) is 6.07 Å². The minimum Gasteiger partial charge on any atom is -0.260 e. The number of rotatable bonds is 4. The van der Waals surface area contributed by atoms with Crippen LogP contribution in [0.4, 0.5) is 4.39 Å². The Morgan fingerprint density at radius 3 is 3.00 bits per heavy atom. The van der Waals surface area contributed by atoms with Crippen molar-refractivity contribution in [2.75, 3.05) is 0 Å². The summed E-state index contributed by atoms with van der Waals surface area (Å²) in [5.74, 6) is 0.105. The second-order valence-electron chi connectivity index (χ2n) is 4.64. The molecule has 0 aliphatic heterocycles. The molecule has 0 spiro atoms. The van der Waals surface area contributed by atoms with E-state index < -0.39 is 0 Å². The van der Waals surface area contributed by atoms with Gasteiger partial charge in [0, 0.05) is 17.5 Å². The number of halogens is 1. The Bertz CT molecular complexity index is 868. The first-order valence-corrected chi connectivity index (χ1v) is 7.71. The lowest BCUT2D eigenvalue weighted by Crippen LogP contribution is -1.99. The van der Waals surface area contributed by atoms with E-state index in [-0.39, 0.29) is 5.82 Å². The first-order valence-electron chi connectivity index (χ1n) is 6.72. The molecule has 0 N–H and O–H groups in total. The number of hydrogen-bond acceptors (Lipinski definition) is 5. The molecule has 0 radical (unpaired) electrons. The van der Waals surface area contributed by atoms with Gasteiger partial charge in [-0.1, -0.05) is 18.7 Å². The van der Waals surface area contributed by atoms with Crippen LogP contribution in [0.15, 0.2) is 35.7 Å². The maximum absolute atomic E-state index is 13.4. The molecule has 3 aromatic rings. The van der Waals surface area contributed by atoms with Gasteiger partial charge in [0.2, 0.25) is 0 Å². The zero-order chi connectivity index (χ0) is 15.5. The minimum absolute atomic E-state index is 0.348. The fourth-order valence-corrected chi connectivity index (χ4v) is 3.05. The van der Waals surface area contributed by atoms with Crippen molar-refractivity contribution < 1.29 is 4.39 Å². The summed E-state index contributed by atoms with van der Waals surface area (Å²) >= 11 is 1.43. The lowest BCUT2D eigenvalue weighted by molar-refractivity contribution is 0.626. The van der Waals surface area contributed by atoms with Crippen molar-refractivity contribution >= 4 is 17.4 Å². The van der Waals surface area contributed by atoms with Crippen LogP contribution in [0.25, 0.3) is 5.65 Å². The van der Waals surface area contributed by atoms with Crippen LogP contribution >= 0.6 is 11.8 Å². The number of hydrogen-bond donors (Lipinski definition) is 0. The molecule has 0 bridgehead atoms. The summed E-state index contributed by atoms with van der Waals surface area (Å²) in [6.45, 7) is 2.02. The maximum Gasteiger partial charge on any atom is 0.175 e. The molecule has 1 aromatic carbocycles. The molecule has 0 saturated heterocycles. The number of nitrogens with zero attached hydrogens (tertiary/aromatic N) is 5. The SMILES string of the molecule is CCc1cc2nncn2c(SCc2cc(F)ccc2C#N)n1. The van der Waals surface area contributed by atoms with Gasteiger partial charge in [-0.25, -0.2) is 9.37 Å². The van der Waals surface area contributed by atoms with Gasteiger partial charge in [0.25, 0.3) is 0 Å². The van der Waals surface area contributed by atoms with Gasteiger partial charge in [-0.15, -0.1) is 10.2 Å². The van der Waals surface area contributed by atoms with E-state index in [9.17, 15) is 4.39 Å². The number of thioether (sulfide) groups is 1. The van der Waals surface area contributed by atoms with Crippen LogP contribution in [0.2, 0.25) is 0 Å². The van der Waals surface area contributed by atoms with E-state index in [1.807, 2.05) is 13.0 Å². The number of aromatic nitrogens is 4. The predicted molar refractivity (Wildman–Crippen MR) is 80.8 cm³/mol. The van der Waals surface area contributed by atoms with Gasteiger partial charge in [0.05, 0.1) is 11.6 Å². The number of benzene rings is 1. The van der Waals surface area contributed by atoms with E-state index in [1.54, 1.807) is 10.7 Å². The van der Waals surface area contributed by atoms with Crippen molar-refractivity contribution in [1.82, 2.24) is 19.6 Å². The van der Waals surface area contributed by atoms with E-state index in [4.69, 9.17) is 5.26 Å². The summed E-state index contributed by atoms with van der Waals surface area (Å²) < 4.78 is 15.2. The third kappa shape index (κ3) is 2.78. The lowest BCUT2D eigenvalue weighted by Gasteiger charge is -2.07. The van der Waals surface area contributed by atoms with Gasteiger partial charge in [-0.3, -0.25) is 4.40 Å². The van der Waals surface area contributed by atoms with E-state index >= 15 is 0 Å². The smallest absolute Gasteiger partial charge is 0.175 e. The molecular weight excluding hydrogens is 301 g/mol. The van der Waals surface area contributed by atoms with Crippen LogP contribution in [-0.2, 0) is 12.2 Å². The molecule has 7 heteroatoms. The standard InChI is InChI=1S/C15H12FN5S/c1-2-13-6-14-20-18-9-21(14)15(19-13)22-8-11-5-12(16)4-3-10(11)7-17/h3-6,9H,2,8H2,1H3. The summed E-state index contributed by atoms with van der Waals surface area (Å²) in [5.41, 5.74) is 2.77. The van der Waals surface area contributed by atoms with Crippen molar-refractivity contribution in [3.63, 3.8) is 0 Å². The van der Waals surface area contributed by atoms with E-state index in [2.05, 4.69) is 21.3 Å². The number of fused-ring (bicyclic) bond motifs is 1. The van der Waals surface area contributed by atoms with Gasteiger partial charge in [-0.2, -0.15) is 5.26 Å². The largest absolute Gasteiger partial charge is 0.260 e. The molecule has 2 aromatic heterocycles. The first-order chi connectivity index (χ1) is 10.7. The van der Waals surface area contributed by atoms with Gasteiger partial charge in [0.15, 0.2) is 10.8 Å². The molecule has 3 rings (SSSR count). The molecule has 110 valence electrons. The molecule has 0 atom stereocenters. The molecule has 0 amide bonds. The van der Waals surface area contributed by atoms with Crippen molar-refractivity contribution in [1.29, 1.82) is 5.26 Å². The summed E-state index contributed by atoms with van der Waals surface area (Å²) in [7, 11) is 0. The van der Waals surface area contributed by atoms with E-state index in [0.29, 0.717) is 16.9 Å². The lowest BCUT2D eigenvalue weighted by atomic mass is 10.1. The van der Waals surface area contributed by atoms with Crippen molar-refractivity contribution in [2.45, 2.75) is 24.3 Å². The average molecular weight is 313 g/mol. The fourth-order valence-electron chi connectivity index (χ4n) is 2.06. The van der Waals surface area contributed by atoms with Gasteiger partial charge < -0.3 is 0 Å². The highest BCUT2D eigenvalue weighted by molar-refractivity contribution is 7.98. The predicted octanol–water partition coefficient (Wildman–Crippen LogP) is 2.99. The zero-order valence-electron chi connectivity index (χ0n) is 11.8. The Hall–Kier alpha value is -2.46. The summed E-state index contributed by atoms with van der Waals surface area (Å²) in [6, 6.07) is 8.15.